The maximum atomic E-state index is 9.09. The first kappa shape index (κ1) is 8.52. The van der Waals surface area contributed by atoms with Gasteiger partial charge in [0.05, 0.1) is 0 Å². The normalized spacial score (nSPS) is 50.0. The number of hydrogen-bond donors (Lipinski definition) is 2. The molecule has 0 heterocycles. The lowest BCUT2D eigenvalue weighted by atomic mass is 9.45. The van der Waals surface area contributed by atoms with Gasteiger partial charge in [0, 0.05) is 12.6 Å². The van der Waals surface area contributed by atoms with E-state index < -0.39 is 0 Å². The van der Waals surface area contributed by atoms with Crippen molar-refractivity contribution in [3.8, 4) is 0 Å². The van der Waals surface area contributed by atoms with Crippen LogP contribution in [0.1, 0.15) is 26.7 Å². The van der Waals surface area contributed by atoms with Crippen LogP contribution in [0.5, 0.6) is 0 Å². The van der Waals surface area contributed by atoms with E-state index in [1.165, 1.54) is 6.42 Å². The summed E-state index contributed by atoms with van der Waals surface area (Å²) in [6.07, 6.45) is 2.44. The lowest BCUT2D eigenvalue weighted by Crippen LogP contribution is -2.61. The maximum Gasteiger partial charge on any atom is 0.0474 e. The van der Waals surface area contributed by atoms with Crippen molar-refractivity contribution in [2.45, 2.75) is 32.7 Å². The standard InChI is InChI=1S/C10H19NO/c1-10(2)7-3-6(5-12)9(11)8(10)4-7/h6-9,12H,3-5,11H2,1-2H3/t6-,7+,8+,9+/m1/s1. The first-order chi connectivity index (χ1) is 5.57. The molecular formula is C10H19NO. The Morgan fingerprint density at radius 3 is 2.50 bits per heavy atom. The van der Waals surface area contributed by atoms with Gasteiger partial charge in [-0.15, -0.1) is 0 Å². The Labute approximate surface area is 74.1 Å². The molecule has 2 heteroatoms. The van der Waals surface area contributed by atoms with E-state index in [1.54, 1.807) is 0 Å². The van der Waals surface area contributed by atoms with Crippen molar-refractivity contribution in [2.24, 2.45) is 28.9 Å². The van der Waals surface area contributed by atoms with E-state index in [0.717, 1.165) is 12.3 Å². The minimum absolute atomic E-state index is 0.245. The van der Waals surface area contributed by atoms with Crippen LogP contribution < -0.4 is 5.73 Å². The van der Waals surface area contributed by atoms with Crippen molar-refractivity contribution < 1.29 is 5.11 Å². The summed E-state index contributed by atoms with van der Waals surface area (Å²) in [4.78, 5) is 0. The van der Waals surface area contributed by atoms with Crippen LogP contribution in [0.3, 0.4) is 0 Å². The molecule has 2 nitrogen and oxygen atoms in total. The summed E-state index contributed by atoms with van der Waals surface area (Å²) in [5, 5.41) is 9.09. The molecule has 0 unspecified atom stereocenters. The highest BCUT2D eigenvalue weighted by Gasteiger charge is 2.56. The first-order valence-electron chi connectivity index (χ1n) is 4.93. The van der Waals surface area contributed by atoms with Crippen molar-refractivity contribution in [2.75, 3.05) is 6.61 Å². The predicted molar refractivity (Wildman–Crippen MR) is 48.5 cm³/mol. The highest BCUT2D eigenvalue weighted by molar-refractivity contribution is 5.07. The third-order valence-corrected chi connectivity index (χ3v) is 4.38. The maximum absolute atomic E-state index is 9.09. The van der Waals surface area contributed by atoms with Crippen LogP contribution in [-0.2, 0) is 0 Å². The van der Waals surface area contributed by atoms with Crippen LogP contribution in [0.15, 0.2) is 0 Å². The van der Waals surface area contributed by atoms with E-state index in [4.69, 9.17) is 10.8 Å². The molecule has 4 atom stereocenters. The summed E-state index contributed by atoms with van der Waals surface area (Å²) < 4.78 is 0. The van der Waals surface area contributed by atoms with Crippen molar-refractivity contribution in [1.82, 2.24) is 0 Å². The van der Waals surface area contributed by atoms with Gasteiger partial charge in [-0.1, -0.05) is 13.8 Å². The fraction of sp³-hybridized carbons (Fsp3) is 1.00. The number of nitrogens with two attached hydrogens (primary N) is 1. The molecule has 3 aliphatic carbocycles. The van der Waals surface area contributed by atoms with Crippen LogP contribution >= 0.6 is 0 Å². The van der Waals surface area contributed by atoms with Crippen molar-refractivity contribution in [3.63, 3.8) is 0 Å². The minimum atomic E-state index is 0.245. The van der Waals surface area contributed by atoms with Gasteiger partial charge in [-0.3, -0.25) is 0 Å². The lowest BCUT2D eigenvalue weighted by Gasteiger charge is -2.61. The number of rotatable bonds is 1. The number of aliphatic hydroxyl groups is 1. The number of hydrogen-bond acceptors (Lipinski definition) is 2. The van der Waals surface area contributed by atoms with Crippen LogP contribution in [0.4, 0.5) is 0 Å². The Morgan fingerprint density at radius 2 is 2.08 bits per heavy atom. The second-order valence-corrected chi connectivity index (χ2v) is 5.12. The molecule has 3 aliphatic rings. The Balaban J connectivity index is 2.11. The van der Waals surface area contributed by atoms with E-state index in [1.807, 2.05) is 0 Å². The molecule has 0 aromatic rings. The van der Waals surface area contributed by atoms with Gasteiger partial charge in [0.25, 0.3) is 0 Å². The molecule has 70 valence electrons. The quantitative estimate of drug-likeness (QED) is 0.615. The summed E-state index contributed by atoms with van der Waals surface area (Å²) in [5.74, 6) is 1.86. The molecule has 12 heavy (non-hydrogen) atoms. The van der Waals surface area contributed by atoms with Gasteiger partial charge < -0.3 is 10.8 Å². The Morgan fingerprint density at radius 1 is 1.42 bits per heavy atom. The van der Waals surface area contributed by atoms with Crippen LogP contribution in [0, 0.1) is 23.2 Å². The van der Waals surface area contributed by atoms with Gasteiger partial charge in [-0.05, 0) is 36.0 Å². The SMILES string of the molecule is CC1(C)[C@H]2C[C@H](CO)[C@H](N)[C@@H]1C2. The summed E-state index contributed by atoms with van der Waals surface area (Å²) >= 11 is 0. The molecule has 0 aromatic heterocycles. The zero-order valence-electron chi connectivity index (χ0n) is 7.96. The fourth-order valence-electron chi connectivity index (χ4n) is 3.16. The Bertz CT molecular complexity index is 190. The molecule has 0 spiro atoms. The molecule has 3 fully saturated rings. The van der Waals surface area contributed by atoms with Gasteiger partial charge in [0.15, 0.2) is 0 Å². The van der Waals surface area contributed by atoms with Crippen molar-refractivity contribution >= 4 is 0 Å². The second-order valence-electron chi connectivity index (χ2n) is 5.12. The van der Waals surface area contributed by atoms with Crippen LogP contribution in [-0.4, -0.2) is 17.8 Å². The van der Waals surface area contributed by atoms with Crippen LogP contribution in [0.25, 0.3) is 0 Å². The van der Waals surface area contributed by atoms with E-state index in [0.29, 0.717) is 17.3 Å². The van der Waals surface area contributed by atoms with Gasteiger partial charge in [-0.25, -0.2) is 0 Å². The van der Waals surface area contributed by atoms with Crippen molar-refractivity contribution in [3.05, 3.63) is 0 Å². The van der Waals surface area contributed by atoms with E-state index in [2.05, 4.69) is 13.8 Å². The zero-order chi connectivity index (χ0) is 8.93. The predicted octanol–water partition coefficient (Wildman–Crippen LogP) is 0.988. The third-order valence-electron chi connectivity index (χ3n) is 4.38. The average molecular weight is 169 g/mol. The Kier molecular flexibility index (Phi) is 1.74. The fourth-order valence-corrected chi connectivity index (χ4v) is 3.16. The smallest absolute Gasteiger partial charge is 0.0474 e. The molecule has 0 aliphatic heterocycles. The topological polar surface area (TPSA) is 46.2 Å². The molecule has 2 bridgehead atoms. The summed E-state index contributed by atoms with van der Waals surface area (Å²) in [6, 6.07) is 0.245. The molecule has 3 saturated carbocycles. The molecule has 3 N–H and O–H groups in total. The summed E-state index contributed by atoms with van der Waals surface area (Å²) in [6.45, 7) is 4.92. The van der Waals surface area contributed by atoms with Crippen molar-refractivity contribution in [1.29, 1.82) is 0 Å². The minimum Gasteiger partial charge on any atom is -0.396 e. The monoisotopic (exact) mass is 169 g/mol. The van der Waals surface area contributed by atoms with E-state index in [9.17, 15) is 0 Å². The molecular weight excluding hydrogens is 150 g/mol. The number of fused-ring (bicyclic) bond motifs is 2. The van der Waals surface area contributed by atoms with Gasteiger partial charge in [0.1, 0.15) is 0 Å². The van der Waals surface area contributed by atoms with Gasteiger partial charge in [0.2, 0.25) is 0 Å². The molecule has 0 amide bonds. The van der Waals surface area contributed by atoms with Crippen LogP contribution in [0.2, 0.25) is 0 Å². The van der Waals surface area contributed by atoms with Gasteiger partial charge >= 0.3 is 0 Å². The molecule has 0 radical (unpaired) electrons. The largest absolute Gasteiger partial charge is 0.396 e. The highest BCUT2D eigenvalue weighted by Crippen LogP contribution is 2.59. The highest BCUT2D eigenvalue weighted by atomic mass is 16.3. The molecule has 0 aromatic carbocycles. The first-order valence-corrected chi connectivity index (χ1v) is 4.93. The van der Waals surface area contributed by atoms with E-state index in [-0.39, 0.29) is 12.6 Å². The number of aliphatic hydroxyl groups excluding tert-OH is 1. The summed E-state index contributed by atoms with van der Waals surface area (Å²) in [5.41, 5.74) is 6.54. The second kappa shape index (κ2) is 2.46. The zero-order valence-corrected chi connectivity index (χ0v) is 7.96. The molecule has 3 rings (SSSR count). The Hall–Kier alpha value is -0.0800. The lowest BCUT2D eigenvalue weighted by molar-refractivity contribution is -0.113. The van der Waals surface area contributed by atoms with Gasteiger partial charge in [-0.2, -0.15) is 0 Å². The van der Waals surface area contributed by atoms with E-state index >= 15 is 0 Å². The average Bonchev–Trinajstić information content (AvgIpc) is 2.03. The third kappa shape index (κ3) is 0.882. The molecule has 0 saturated heterocycles. The summed E-state index contributed by atoms with van der Waals surface area (Å²) in [7, 11) is 0.